The predicted octanol–water partition coefficient (Wildman–Crippen LogP) is 4.69. The Balaban J connectivity index is 0.000000379. The number of fused-ring (bicyclic) bond motifs is 2. The van der Waals surface area contributed by atoms with Crippen LogP contribution in [0, 0.1) is 0 Å². The molecule has 5 rings (SSSR count). The number of piperidine rings is 1. The van der Waals surface area contributed by atoms with Crippen LogP contribution < -0.4 is 9.47 Å². The van der Waals surface area contributed by atoms with E-state index in [2.05, 4.69) is 54.8 Å². The molecule has 0 aliphatic carbocycles. The summed E-state index contributed by atoms with van der Waals surface area (Å²) in [6.07, 6.45) is -11.4. The smallest absolute Gasteiger partial charge is 0.490 e. The summed E-state index contributed by atoms with van der Waals surface area (Å²) < 4.78 is 108. The highest BCUT2D eigenvalue weighted by Crippen LogP contribution is 2.39. The van der Waals surface area contributed by atoms with Crippen molar-refractivity contribution in [2.75, 3.05) is 40.9 Å². The van der Waals surface area contributed by atoms with Crippen molar-refractivity contribution in [2.45, 2.75) is 50.0 Å². The largest absolute Gasteiger partial charge is 0.497 e. The monoisotopic (exact) mass is 776 g/mol. The van der Waals surface area contributed by atoms with Gasteiger partial charge in [-0.3, -0.25) is 9.80 Å². The van der Waals surface area contributed by atoms with Gasteiger partial charge in [-0.05, 0) is 50.2 Å². The maximum atomic E-state index is 10.6. The van der Waals surface area contributed by atoms with Gasteiger partial charge in [0, 0.05) is 43.5 Å². The number of likely N-dealkylation sites (tertiary alicyclic amines) is 1. The van der Waals surface area contributed by atoms with Gasteiger partial charge in [0.25, 0.3) is 0 Å². The molecule has 14 nitrogen and oxygen atoms in total. The average Bonchev–Trinajstić information content (AvgIpc) is 3.50. The van der Waals surface area contributed by atoms with E-state index >= 15 is 0 Å². The van der Waals surface area contributed by atoms with Gasteiger partial charge in [-0.2, -0.15) is 39.5 Å². The van der Waals surface area contributed by atoms with Gasteiger partial charge in [0.15, 0.2) is 5.82 Å². The lowest BCUT2D eigenvalue weighted by atomic mass is 9.84. The predicted molar refractivity (Wildman–Crippen MR) is 163 cm³/mol. The van der Waals surface area contributed by atoms with Crippen LogP contribution in [0.15, 0.2) is 42.6 Å². The van der Waals surface area contributed by atoms with Crippen LogP contribution in [0.1, 0.15) is 24.2 Å². The van der Waals surface area contributed by atoms with Crippen LogP contribution >= 0.6 is 0 Å². The maximum absolute atomic E-state index is 10.6. The third-order valence-corrected chi connectivity index (χ3v) is 7.48. The van der Waals surface area contributed by atoms with Crippen LogP contribution in [0.2, 0.25) is 0 Å². The Morgan fingerprint density at radius 2 is 1.28 bits per heavy atom. The molecule has 2 aromatic heterocycles. The van der Waals surface area contributed by atoms with E-state index in [1.165, 1.54) is 0 Å². The fourth-order valence-electron chi connectivity index (χ4n) is 5.19. The van der Waals surface area contributed by atoms with Gasteiger partial charge in [-0.15, -0.1) is 10.2 Å². The number of aromatic nitrogens is 4. The summed E-state index contributed by atoms with van der Waals surface area (Å²) in [5.74, 6) is -4.70. The summed E-state index contributed by atoms with van der Waals surface area (Å²) in [6, 6.07) is 12.2. The summed E-state index contributed by atoms with van der Waals surface area (Å²) in [7, 11) is 5.55. The molecule has 1 aromatic carbocycles. The van der Waals surface area contributed by atoms with E-state index < -0.39 is 36.4 Å². The number of rotatable bonds is 5. The molecular formula is C30H33F9N6O8. The lowest BCUT2D eigenvalue weighted by Crippen LogP contribution is -2.55. The first-order chi connectivity index (χ1) is 24.4. The number of likely N-dealkylation sites (N-methyl/N-ethyl adjacent to an activating group) is 1. The van der Waals surface area contributed by atoms with Crippen molar-refractivity contribution in [2.24, 2.45) is 0 Å². The van der Waals surface area contributed by atoms with E-state index in [0.717, 1.165) is 74.1 Å². The van der Waals surface area contributed by atoms with Crippen molar-refractivity contribution in [3.05, 3.63) is 54.0 Å². The minimum absolute atomic E-state index is 0.00335. The van der Waals surface area contributed by atoms with E-state index in [0.29, 0.717) is 5.88 Å². The molecule has 1 spiro atoms. The molecule has 0 bridgehead atoms. The second-order valence-electron chi connectivity index (χ2n) is 11.3. The number of benzene rings is 1. The minimum Gasteiger partial charge on any atom is -0.497 e. The van der Waals surface area contributed by atoms with Gasteiger partial charge < -0.3 is 29.4 Å². The van der Waals surface area contributed by atoms with Crippen molar-refractivity contribution in [1.29, 1.82) is 0 Å². The van der Waals surface area contributed by atoms with Gasteiger partial charge in [-0.25, -0.2) is 19.4 Å². The Bertz CT molecular complexity index is 1620. The van der Waals surface area contributed by atoms with Gasteiger partial charge >= 0.3 is 36.4 Å². The second-order valence-corrected chi connectivity index (χ2v) is 11.3. The van der Waals surface area contributed by atoms with Gasteiger partial charge in [0.2, 0.25) is 5.88 Å². The first-order valence-electron chi connectivity index (χ1n) is 14.8. The number of hydrogen-bond donors (Lipinski definition) is 3. The van der Waals surface area contributed by atoms with E-state index in [-0.39, 0.29) is 5.54 Å². The Morgan fingerprint density at radius 3 is 1.72 bits per heavy atom. The number of alkyl halides is 9. The van der Waals surface area contributed by atoms with Crippen LogP contribution in [0.5, 0.6) is 11.6 Å². The summed E-state index contributed by atoms with van der Waals surface area (Å²) in [5.41, 5.74) is 2.21. The number of carboxylic acid groups (broad SMARTS) is 3. The second kappa shape index (κ2) is 18.0. The number of halogens is 9. The molecule has 1 saturated heterocycles. The zero-order valence-corrected chi connectivity index (χ0v) is 28.0. The van der Waals surface area contributed by atoms with E-state index in [1.807, 2.05) is 18.2 Å². The number of pyridine rings is 1. The molecule has 53 heavy (non-hydrogen) atoms. The average molecular weight is 777 g/mol. The molecule has 294 valence electrons. The highest BCUT2D eigenvalue weighted by Gasteiger charge is 2.44. The summed E-state index contributed by atoms with van der Waals surface area (Å²) in [4.78, 5) is 35.9. The van der Waals surface area contributed by atoms with Crippen molar-refractivity contribution < 1.29 is 78.7 Å². The minimum atomic E-state index is -5.08. The van der Waals surface area contributed by atoms with Crippen LogP contribution in [0.3, 0.4) is 0 Å². The normalized spacial score (nSPS) is 15.6. The Morgan fingerprint density at radius 1 is 0.792 bits per heavy atom. The number of methoxy groups -OCH3 is 2. The first kappa shape index (κ1) is 44.0. The SMILES string of the molecule is COc1ccc(-c2nnc3n2C2(CCN(Cc4cccnc4OC)CC2)CN(C)C3)cc1.O=C(O)C(F)(F)F.O=C(O)C(F)(F)F.O=C(O)C(F)(F)F. The quantitative estimate of drug-likeness (QED) is 0.304. The molecule has 2 aliphatic rings. The Kier molecular flexibility index (Phi) is 15.0. The van der Waals surface area contributed by atoms with Crippen LogP contribution in [-0.2, 0) is 33.0 Å². The zero-order chi connectivity index (χ0) is 40.4. The summed E-state index contributed by atoms with van der Waals surface area (Å²) >= 11 is 0. The molecule has 0 radical (unpaired) electrons. The Labute approximate surface area is 294 Å². The third kappa shape index (κ3) is 12.8. The number of nitrogens with zero attached hydrogens (tertiary/aromatic N) is 6. The molecular weight excluding hydrogens is 743 g/mol. The molecule has 2 aliphatic heterocycles. The molecule has 1 fully saturated rings. The zero-order valence-electron chi connectivity index (χ0n) is 28.0. The molecule has 0 amide bonds. The Hall–Kier alpha value is -5.19. The van der Waals surface area contributed by atoms with Crippen molar-refractivity contribution in [3.8, 4) is 23.0 Å². The van der Waals surface area contributed by atoms with Crippen molar-refractivity contribution in [3.63, 3.8) is 0 Å². The number of carbonyl (C=O) groups is 3. The van der Waals surface area contributed by atoms with Gasteiger partial charge in [0.1, 0.15) is 11.6 Å². The maximum Gasteiger partial charge on any atom is 0.490 e. The van der Waals surface area contributed by atoms with Crippen LogP contribution in [0.25, 0.3) is 11.4 Å². The van der Waals surface area contributed by atoms with Crippen molar-refractivity contribution >= 4 is 17.9 Å². The highest BCUT2D eigenvalue weighted by molar-refractivity contribution is 5.73. The number of hydrogen-bond acceptors (Lipinski definition) is 10. The van der Waals surface area contributed by atoms with E-state index in [4.69, 9.17) is 39.2 Å². The summed E-state index contributed by atoms with van der Waals surface area (Å²) in [5, 5.41) is 30.6. The molecule has 4 heterocycles. The van der Waals surface area contributed by atoms with E-state index in [9.17, 15) is 39.5 Å². The highest BCUT2D eigenvalue weighted by atomic mass is 19.4. The molecule has 0 atom stereocenters. The first-order valence-corrected chi connectivity index (χ1v) is 14.8. The van der Waals surface area contributed by atoms with E-state index in [1.54, 1.807) is 20.4 Å². The molecule has 0 saturated carbocycles. The van der Waals surface area contributed by atoms with Gasteiger partial charge in [-0.1, -0.05) is 6.07 Å². The number of aliphatic carboxylic acids is 3. The molecule has 3 N–H and O–H groups in total. The third-order valence-electron chi connectivity index (χ3n) is 7.48. The van der Waals surface area contributed by atoms with Crippen LogP contribution in [0.4, 0.5) is 39.5 Å². The van der Waals surface area contributed by atoms with Crippen LogP contribution in [-0.4, -0.2) is 122 Å². The topological polar surface area (TPSA) is 180 Å². The molecule has 3 aromatic rings. The number of ether oxygens (including phenoxy) is 2. The molecule has 0 unspecified atom stereocenters. The standard InChI is InChI=1S/C24H30N6O2.3C2HF3O2/c1-28-16-21-26-27-22(18-6-8-20(31-2)9-7-18)30(21)24(17-28)10-13-29(14-11-24)15-19-5-4-12-25-23(19)32-3;3*3-2(4,5)1(6)7/h4-9,12H,10-11,13-17H2,1-3H3;3*(H,6,7). The fraction of sp³-hybridized carbons (Fsp3) is 0.467. The lowest BCUT2D eigenvalue weighted by Gasteiger charge is -2.48. The fourth-order valence-corrected chi connectivity index (χ4v) is 5.19. The molecule has 23 heteroatoms. The summed E-state index contributed by atoms with van der Waals surface area (Å²) in [6.45, 7) is 4.69. The lowest BCUT2D eigenvalue weighted by molar-refractivity contribution is -0.193. The number of carboxylic acids is 3. The van der Waals surface area contributed by atoms with Crippen molar-refractivity contribution in [1.82, 2.24) is 29.5 Å². The van der Waals surface area contributed by atoms with Gasteiger partial charge in [0.05, 0.1) is 26.3 Å².